The third-order valence-electron chi connectivity index (χ3n) is 4.88. The number of nitrogen functional groups attached to an aromatic ring is 2. The average Bonchev–Trinajstić information content (AvgIpc) is 2.69. The number of allylic oxidation sites excluding steroid dienone is 1. The Morgan fingerprint density at radius 3 is 2.07 bits per heavy atom. The quantitative estimate of drug-likeness (QED) is 0.422. The fourth-order valence-corrected chi connectivity index (χ4v) is 3.43. The Balaban J connectivity index is 1.82. The fourth-order valence-electron chi connectivity index (χ4n) is 3.43. The van der Waals surface area contributed by atoms with Gasteiger partial charge in [-0.2, -0.15) is 0 Å². The van der Waals surface area contributed by atoms with Gasteiger partial charge in [0.1, 0.15) is 0 Å². The molecule has 2 heteroatoms. The Bertz CT molecular complexity index is 1140. The highest BCUT2D eigenvalue weighted by molar-refractivity contribution is 5.93. The molecular weight excluding hydrogens is 328 g/mol. The van der Waals surface area contributed by atoms with Crippen LogP contribution in [0.3, 0.4) is 0 Å². The van der Waals surface area contributed by atoms with Gasteiger partial charge >= 0.3 is 0 Å². The van der Waals surface area contributed by atoms with Crippen molar-refractivity contribution < 1.29 is 0 Å². The molecule has 0 aromatic heterocycles. The van der Waals surface area contributed by atoms with Gasteiger partial charge in [-0.25, -0.2) is 0 Å². The van der Waals surface area contributed by atoms with Crippen molar-refractivity contribution >= 4 is 28.2 Å². The van der Waals surface area contributed by atoms with E-state index in [2.05, 4.69) is 60.7 Å². The highest BCUT2D eigenvalue weighted by atomic mass is 14.6. The van der Waals surface area contributed by atoms with Crippen molar-refractivity contribution in [2.75, 3.05) is 11.5 Å². The summed E-state index contributed by atoms with van der Waals surface area (Å²) in [5, 5.41) is 2.40. The van der Waals surface area contributed by atoms with E-state index in [1.54, 1.807) is 0 Å². The minimum absolute atomic E-state index is 0.776. The Morgan fingerprint density at radius 2 is 1.33 bits per heavy atom. The van der Waals surface area contributed by atoms with Crippen molar-refractivity contribution in [1.82, 2.24) is 0 Å². The van der Waals surface area contributed by atoms with E-state index in [9.17, 15) is 0 Å². The minimum atomic E-state index is 0.776. The summed E-state index contributed by atoms with van der Waals surface area (Å²) >= 11 is 0. The summed E-state index contributed by atoms with van der Waals surface area (Å²) < 4.78 is 0. The van der Waals surface area contributed by atoms with Crippen LogP contribution in [0.1, 0.15) is 12.5 Å². The number of hydrogen-bond donors (Lipinski definition) is 2. The van der Waals surface area contributed by atoms with Crippen LogP contribution in [0.25, 0.3) is 39.1 Å². The number of rotatable bonds is 3. The van der Waals surface area contributed by atoms with Crippen LogP contribution in [-0.4, -0.2) is 0 Å². The number of fused-ring (bicyclic) bond motifs is 1. The normalized spacial score (nSPS) is 11.3. The lowest BCUT2D eigenvalue weighted by atomic mass is 9.95. The van der Waals surface area contributed by atoms with E-state index in [0.717, 1.165) is 33.6 Å². The predicted octanol–water partition coefficient (Wildman–Crippen LogP) is 6.37. The second-order valence-electron chi connectivity index (χ2n) is 6.71. The summed E-state index contributed by atoms with van der Waals surface area (Å²) in [5.74, 6) is 0. The van der Waals surface area contributed by atoms with E-state index in [1.807, 2.05) is 37.3 Å². The molecule has 0 saturated heterocycles. The van der Waals surface area contributed by atoms with Crippen LogP contribution in [0.15, 0.2) is 84.9 Å². The van der Waals surface area contributed by atoms with E-state index in [0.29, 0.717) is 0 Å². The summed E-state index contributed by atoms with van der Waals surface area (Å²) in [6.07, 6.45) is 4.05. The van der Waals surface area contributed by atoms with Gasteiger partial charge < -0.3 is 11.5 Å². The third kappa shape index (κ3) is 3.30. The van der Waals surface area contributed by atoms with Gasteiger partial charge in [-0.1, -0.05) is 66.7 Å². The Hall–Kier alpha value is -3.52. The predicted molar refractivity (Wildman–Crippen MR) is 118 cm³/mol. The molecule has 4 aromatic rings. The van der Waals surface area contributed by atoms with Gasteiger partial charge in [-0.3, -0.25) is 0 Å². The van der Waals surface area contributed by atoms with Gasteiger partial charge in [-0.15, -0.1) is 0 Å². The highest BCUT2D eigenvalue weighted by Gasteiger charge is 2.07. The molecule has 0 aliphatic rings. The highest BCUT2D eigenvalue weighted by Crippen LogP contribution is 2.33. The first-order valence-corrected chi connectivity index (χ1v) is 9.07. The maximum absolute atomic E-state index is 6.42. The standard InChI is InChI=1S/C25H22N2/c1-2-4-19-5-3-6-24(25(19)27)21-10-8-18-7-9-20(15-22(18)16-21)17-11-13-23(26)14-12-17/h2-16H,26-27H2,1H3/b4-2-. The van der Waals surface area contributed by atoms with Crippen molar-refractivity contribution in [1.29, 1.82) is 0 Å². The first kappa shape index (κ1) is 16.9. The lowest BCUT2D eigenvalue weighted by Gasteiger charge is -2.11. The zero-order valence-corrected chi connectivity index (χ0v) is 15.3. The van der Waals surface area contributed by atoms with Crippen molar-refractivity contribution in [3.05, 3.63) is 90.5 Å². The van der Waals surface area contributed by atoms with E-state index in [4.69, 9.17) is 11.5 Å². The summed E-state index contributed by atoms with van der Waals surface area (Å²) in [4.78, 5) is 0. The SMILES string of the molecule is C/C=C\c1cccc(-c2ccc3ccc(-c4ccc(N)cc4)cc3c2)c1N. The first-order valence-electron chi connectivity index (χ1n) is 9.07. The second-order valence-corrected chi connectivity index (χ2v) is 6.71. The number of hydrogen-bond acceptors (Lipinski definition) is 2. The lowest BCUT2D eigenvalue weighted by molar-refractivity contribution is 1.59. The smallest absolute Gasteiger partial charge is 0.0467 e. The maximum atomic E-state index is 6.42. The number of para-hydroxylation sites is 1. The Kier molecular flexibility index (Phi) is 4.39. The third-order valence-corrected chi connectivity index (χ3v) is 4.88. The van der Waals surface area contributed by atoms with Crippen LogP contribution in [0.5, 0.6) is 0 Å². The molecule has 0 heterocycles. The second kappa shape index (κ2) is 7.00. The molecule has 27 heavy (non-hydrogen) atoms. The van der Waals surface area contributed by atoms with Crippen molar-refractivity contribution in [3.63, 3.8) is 0 Å². The summed E-state index contributed by atoms with van der Waals surface area (Å²) in [6.45, 7) is 2.00. The largest absolute Gasteiger partial charge is 0.399 e. The Morgan fingerprint density at radius 1 is 0.667 bits per heavy atom. The van der Waals surface area contributed by atoms with Crippen molar-refractivity contribution in [3.8, 4) is 22.3 Å². The van der Waals surface area contributed by atoms with Gasteiger partial charge in [0.15, 0.2) is 0 Å². The molecule has 0 aliphatic carbocycles. The number of nitrogens with two attached hydrogens (primary N) is 2. The van der Waals surface area contributed by atoms with Crippen molar-refractivity contribution in [2.45, 2.75) is 6.92 Å². The van der Waals surface area contributed by atoms with Crippen LogP contribution in [0, 0.1) is 0 Å². The molecule has 0 fully saturated rings. The van der Waals surface area contributed by atoms with Gasteiger partial charge in [0.25, 0.3) is 0 Å². The topological polar surface area (TPSA) is 52.0 Å². The molecule has 0 saturated carbocycles. The zero-order valence-electron chi connectivity index (χ0n) is 15.3. The molecule has 0 bridgehead atoms. The Labute approximate surface area is 159 Å². The van der Waals surface area contributed by atoms with Crippen molar-refractivity contribution in [2.24, 2.45) is 0 Å². The molecule has 0 radical (unpaired) electrons. The average molecular weight is 350 g/mol. The summed E-state index contributed by atoms with van der Waals surface area (Å²) in [6, 6.07) is 27.2. The molecule has 4 rings (SSSR count). The molecule has 0 amide bonds. The van der Waals surface area contributed by atoms with E-state index in [1.165, 1.54) is 16.3 Å². The van der Waals surface area contributed by atoms with E-state index < -0.39 is 0 Å². The molecule has 0 aliphatic heterocycles. The monoisotopic (exact) mass is 350 g/mol. The first-order chi connectivity index (χ1) is 13.2. The molecule has 0 spiro atoms. The molecule has 4 N–H and O–H groups in total. The van der Waals surface area contributed by atoms with Crippen LogP contribution in [0.4, 0.5) is 11.4 Å². The van der Waals surface area contributed by atoms with Gasteiger partial charge in [-0.05, 0) is 64.2 Å². The molecule has 2 nitrogen and oxygen atoms in total. The van der Waals surface area contributed by atoms with E-state index >= 15 is 0 Å². The van der Waals surface area contributed by atoms with Gasteiger partial charge in [0.05, 0.1) is 0 Å². The minimum Gasteiger partial charge on any atom is -0.399 e. The zero-order chi connectivity index (χ0) is 18.8. The maximum Gasteiger partial charge on any atom is 0.0467 e. The van der Waals surface area contributed by atoms with Crippen LogP contribution in [-0.2, 0) is 0 Å². The van der Waals surface area contributed by atoms with E-state index in [-0.39, 0.29) is 0 Å². The fraction of sp³-hybridized carbons (Fsp3) is 0.0400. The van der Waals surface area contributed by atoms with Gasteiger partial charge in [0, 0.05) is 16.9 Å². The summed E-state index contributed by atoms with van der Waals surface area (Å²) in [7, 11) is 0. The van der Waals surface area contributed by atoms with Crippen LogP contribution in [0.2, 0.25) is 0 Å². The number of anilines is 2. The summed E-state index contributed by atoms with van der Waals surface area (Å²) in [5.41, 5.74) is 19.4. The molecule has 132 valence electrons. The molecule has 0 atom stereocenters. The lowest BCUT2D eigenvalue weighted by Crippen LogP contribution is -1.93. The molecule has 4 aromatic carbocycles. The van der Waals surface area contributed by atoms with Crippen LogP contribution < -0.4 is 11.5 Å². The molecule has 0 unspecified atom stereocenters. The number of benzene rings is 4. The van der Waals surface area contributed by atoms with Crippen LogP contribution >= 0.6 is 0 Å². The van der Waals surface area contributed by atoms with Gasteiger partial charge in [0.2, 0.25) is 0 Å². The molecular formula is C25H22N2.